The number of halogens is 1. The van der Waals surface area contributed by atoms with Crippen LogP contribution in [0, 0.1) is 5.82 Å². The molecule has 1 aromatic carbocycles. The first-order chi connectivity index (χ1) is 7.20. The van der Waals surface area contributed by atoms with Gasteiger partial charge in [0.15, 0.2) is 0 Å². The molecule has 0 saturated carbocycles. The second-order valence-electron chi connectivity index (χ2n) is 3.59. The molecule has 1 aliphatic heterocycles. The molecule has 1 unspecified atom stereocenters. The quantitative estimate of drug-likeness (QED) is 0.742. The molecule has 0 spiro atoms. The number of nitrogens with one attached hydrogen (secondary N) is 1. The lowest BCUT2D eigenvalue weighted by molar-refractivity contribution is 0.0263. The molecule has 0 amide bonds. The van der Waals surface area contributed by atoms with Crippen LogP contribution in [0.1, 0.15) is 15.9 Å². The van der Waals surface area contributed by atoms with Crippen LogP contribution >= 0.6 is 0 Å². The molecule has 1 atom stereocenters. The van der Waals surface area contributed by atoms with Gasteiger partial charge in [-0.25, -0.2) is 9.18 Å². The smallest absolute Gasteiger partial charge is 0.338 e. The fraction of sp³-hybridized carbons (Fsp3) is 0.364. The maximum absolute atomic E-state index is 12.9. The Morgan fingerprint density at radius 2 is 2.40 bits per heavy atom. The van der Waals surface area contributed by atoms with Gasteiger partial charge in [0.05, 0.1) is 5.56 Å². The minimum atomic E-state index is -0.434. The monoisotopic (exact) mass is 209 g/mol. The second kappa shape index (κ2) is 3.98. The van der Waals surface area contributed by atoms with Crippen LogP contribution < -0.4 is 5.32 Å². The van der Waals surface area contributed by atoms with Crippen LogP contribution in [0.3, 0.4) is 0 Å². The number of hydrogen-bond donors (Lipinski definition) is 1. The third-order valence-electron chi connectivity index (χ3n) is 2.44. The Hall–Kier alpha value is -1.42. The van der Waals surface area contributed by atoms with Gasteiger partial charge < -0.3 is 10.1 Å². The molecule has 1 N–H and O–H groups in total. The van der Waals surface area contributed by atoms with Crippen molar-refractivity contribution in [2.45, 2.75) is 12.5 Å². The summed E-state index contributed by atoms with van der Waals surface area (Å²) in [6.45, 7) is 0.614. The highest BCUT2D eigenvalue weighted by Gasteiger charge is 2.25. The number of carbonyl (C=O) groups excluding carboxylic acids is 1. The zero-order valence-corrected chi connectivity index (χ0v) is 8.42. The molecule has 4 heteroatoms. The van der Waals surface area contributed by atoms with E-state index in [-0.39, 0.29) is 6.10 Å². The molecule has 0 aromatic heterocycles. The van der Waals surface area contributed by atoms with Gasteiger partial charge in [-0.1, -0.05) is 6.07 Å². The molecule has 3 nitrogen and oxygen atoms in total. The third-order valence-corrected chi connectivity index (χ3v) is 2.44. The summed E-state index contributed by atoms with van der Waals surface area (Å²) in [6, 6.07) is 4.24. The van der Waals surface area contributed by atoms with E-state index in [4.69, 9.17) is 4.74 Å². The summed E-state index contributed by atoms with van der Waals surface area (Å²) in [5.74, 6) is -0.839. The van der Waals surface area contributed by atoms with Crippen LogP contribution in [0.15, 0.2) is 18.2 Å². The number of ether oxygens (including phenoxy) is 1. The maximum atomic E-state index is 12.9. The fourth-order valence-corrected chi connectivity index (χ4v) is 1.76. The van der Waals surface area contributed by atoms with E-state index in [0.717, 1.165) is 5.56 Å². The maximum Gasteiger partial charge on any atom is 0.338 e. The van der Waals surface area contributed by atoms with Crippen LogP contribution in [-0.2, 0) is 11.2 Å². The standard InChI is InChI=1S/C11H12FNO2/c1-13-6-9-4-7-2-3-8(12)5-10(7)11(14)15-9/h2-3,5,9,13H,4,6H2,1H3. The van der Waals surface area contributed by atoms with Gasteiger partial charge in [0.1, 0.15) is 11.9 Å². The second-order valence-corrected chi connectivity index (χ2v) is 3.59. The molecule has 2 rings (SSSR count). The summed E-state index contributed by atoms with van der Waals surface area (Å²) >= 11 is 0. The lowest BCUT2D eigenvalue weighted by Gasteiger charge is -2.24. The van der Waals surface area contributed by atoms with Crippen LogP contribution in [0.4, 0.5) is 4.39 Å². The van der Waals surface area contributed by atoms with Crippen LogP contribution in [-0.4, -0.2) is 25.7 Å². The highest BCUT2D eigenvalue weighted by molar-refractivity contribution is 5.92. The van der Waals surface area contributed by atoms with Crippen molar-refractivity contribution < 1.29 is 13.9 Å². The molecule has 1 aliphatic rings. The zero-order valence-electron chi connectivity index (χ0n) is 8.42. The Kier molecular flexibility index (Phi) is 2.68. The van der Waals surface area contributed by atoms with Crippen molar-refractivity contribution in [3.63, 3.8) is 0 Å². The van der Waals surface area contributed by atoms with E-state index in [0.29, 0.717) is 18.5 Å². The highest BCUT2D eigenvalue weighted by Crippen LogP contribution is 2.21. The number of benzene rings is 1. The number of likely N-dealkylation sites (N-methyl/N-ethyl adjacent to an activating group) is 1. The van der Waals surface area contributed by atoms with Crippen molar-refractivity contribution >= 4 is 5.97 Å². The van der Waals surface area contributed by atoms with Crippen LogP contribution in [0.25, 0.3) is 0 Å². The van der Waals surface area contributed by atoms with E-state index in [1.807, 2.05) is 0 Å². The number of rotatable bonds is 2. The fourth-order valence-electron chi connectivity index (χ4n) is 1.76. The Balaban J connectivity index is 2.28. The molecule has 0 saturated heterocycles. The Bertz CT molecular complexity index is 392. The van der Waals surface area contributed by atoms with E-state index in [1.165, 1.54) is 12.1 Å². The van der Waals surface area contributed by atoms with E-state index in [1.54, 1.807) is 13.1 Å². The lowest BCUT2D eigenvalue weighted by Crippen LogP contribution is -2.35. The summed E-state index contributed by atoms with van der Waals surface area (Å²) in [5, 5.41) is 2.95. The molecule has 15 heavy (non-hydrogen) atoms. The third kappa shape index (κ3) is 1.99. The van der Waals surface area contributed by atoms with Gasteiger partial charge in [-0.3, -0.25) is 0 Å². The summed E-state index contributed by atoms with van der Waals surface area (Å²) in [6.07, 6.45) is 0.489. The first-order valence-corrected chi connectivity index (χ1v) is 4.84. The van der Waals surface area contributed by atoms with Crippen molar-refractivity contribution in [2.24, 2.45) is 0 Å². The van der Waals surface area contributed by atoms with E-state index in [2.05, 4.69) is 5.32 Å². The first kappa shape index (κ1) is 10.1. The molecule has 0 aliphatic carbocycles. The van der Waals surface area contributed by atoms with E-state index < -0.39 is 11.8 Å². The van der Waals surface area contributed by atoms with Gasteiger partial charge in [0.25, 0.3) is 0 Å². The summed E-state index contributed by atoms with van der Waals surface area (Å²) in [7, 11) is 1.80. The Morgan fingerprint density at radius 3 is 3.13 bits per heavy atom. The van der Waals surface area contributed by atoms with Crippen molar-refractivity contribution in [1.82, 2.24) is 5.32 Å². The Morgan fingerprint density at radius 1 is 1.60 bits per heavy atom. The minimum absolute atomic E-state index is 0.152. The molecule has 0 fully saturated rings. The summed E-state index contributed by atoms with van der Waals surface area (Å²) in [5.41, 5.74) is 1.20. The average Bonchev–Trinajstić information content (AvgIpc) is 2.20. The number of fused-ring (bicyclic) bond motifs is 1. The molecule has 1 heterocycles. The normalized spacial score (nSPS) is 19.6. The minimum Gasteiger partial charge on any atom is -0.457 e. The van der Waals surface area contributed by atoms with Gasteiger partial charge in [-0.05, 0) is 24.7 Å². The van der Waals surface area contributed by atoms with E-state index >= 15 is 0 Å². The topological polar surface area (TPSA) is 38.3 Å². The van der Waals surface area contributed by atoms with Crippen molar-refractivity contribution in [3.05, 3.63) is 35.1 Å². The van der Waals surface area contributed by atoms with Crippen molar-refractivity contribution in [1.29, 1.82) is 0 Å². The lowest BCUT2D eigenvalue weighted by atomic mass is 9.98. The zero-order chi connectivity index (χ0) is 10.8. The Labute approximate surface area is 87.2 Å². The van der Waals surface area contributed by atoms with Gasteiger partial charge in [0.2, 0.25) is 0 Å². The summed E-state index contributed by atoms with van der Waals surface area (Å²) in [4.78, 5) is 11.5. The predicted octanol–water partition coefficient (Wildman–Crippen LogP) is 1.13. The van der Waals surface area contributed by atoms with Gasteiger partial charge in [0, 0.05) is 13.0 Å². The molecule has 0 radical (unpaired) electrons. The molecular formula is C11H12FNO2. The number of cyclic esters (lactones) is 1. The average molecular weight is 209 g/mol. The van der Waals surface area contributed by atoms with Crippen molar-refractivity contribution in [3.8, 4) is 0 Å². The van der Waals surface area contributed by atoms with E-state index in [9.17, 15) is 9.18 Å². The molecule has 80 valence electrons. The van der Waals surface area contributed by atoms with Gasteiger partial charge in [-0.2, -0.15) is 0 Å². The van der Waals surface area contributed by atoms with Crippen LogP contribution in [0.5, 0.6) is 0 Å². The first-order valence-electron chi connectivity index (χ1n) is 4.84. The largest absolute Gasteiger partial charge is 0.457 e. The van der Waals surface area contributed by atoms with Crippen LogP contribution in [0.2, 0.25) is 0 Å². The number of carbonyl (C=O) groups is 1. The number of esters is 1. The predicted molar refractivity (Wildman–Crippen MR) is 53.2 cm³/mol. The SMILES string of the molecule is CNCC1Cc2ccc(F)cc2C(=O)O1. The highest BCUT2D eigenvalue weighted by atomic mass is 19.1. The molecule has 0 bridgehead atoms. The summed E-state index contributed by atoms with van der Waals surface area (Å²) < 4.78 is 18.0. The van der Waals surface area contributed by atoms with Gasteiger partial charge >= 0.3 is 5.97 Å². The van der Waals surface area contributed by atoms with Crippen molar-refractivity contribution in [2.75, 3.05) is 13.6 Å². The molecular weight excluding hydrogens is 197 g/mol. The molecule has 1 aromatic rings. The van der Waals surface area contributed by atoms with Gasteiger partial charge in [-0.15, -0.1) is 0 Å². The number of hydrogen-bond acceptors (Lipinski definition) is 3.